The molecule has 12 heavy (non-hydrogen) atoms. The molecule has 0 bridgehead atoms. The zero-order valence-corrected chi connectivity index (χ0v) is 8.55. The molecule has 0 saturated carbocycles. The Balaban J connectivity index is 3.39. The van der Waals surface area contributed by atoms with Gasteiger partial charge in [-0.25, -0.2) is 4.98 Å². The van der Waals surface area contributed by atoms with E-state index in [0.29, 0.717) is 4.60 Å². The van der Waals surface area contributed by atoms with Gasteiger partial charge >= 0.3 is 0 Å². The molecule has 0 spiro atoms. The van der Waals surface area contributed by atoms with E-state index < -0.39 is 10.1 Å². The molecule has 0 amide bonds. The quantitative estimate of drug-likeness (QED) is 0.606. The summed E-state index contributed by atoms with van der Waals surface area (Å²) in [6.45, 7) is 1.51. The Hall–Kier alpha value is -0.460. The third kappa shape index (κ3) is 2.02. The fourth-order valence-electron chi connectivity index (χ4n) is 0.790. The van der Waals surface area contributed by atoms with E-state index in [-0.39, 0.29) is 10.6 Å². The van der Waals surface area contributed by atoms with Crippen LogP contribution in [0, 0.1) is 6.92 Å². The van der Waals surface area contributed by atoms with Crippen molar-refractivity contribution in [1.29, 1.82) is 0 Å². The summed E-state index contributed by atoms with van der Waals surface area (Å²) in [5.74, 6) is 0. The Morgan fingerprint density at radius 3 is 2.50 bits per heavy atom. The van der Waals surface area contributed by atoms with Crippen LogP contribution in [0.5, 0.6) is 0 Å². The highest BCUT2D eigenvalue weighted by molar-refractivity contribution is 9.10. The van der Waals surface area contributed by atoms with Crippen molar-refractivity contribution >= 4 is 26.0 Å². The van der Waals surface area contributed by atoms with E-state index in [9.17, 15) is 8.42 Å². The maximum atomic E-state index is 10.7. The lowest BCUT2D eigenvalue weighted by Gasteiger charge is -2.00. The number of rotatable bonds is 1. The lowest BCUT2D eigenvalue weighted by atomic mass is 10.4. The van der Waals surface area contributed by atoms with Gasteiger partial charge in [0.1, 0.15) is 9.50 Å². The van der Waals surface area contributed by atoms with E-state index in [1.165, 1.54) is 19.1 Å². The summed E-state index contributed by atoms with van der Waals surface area (Å²) in [6, 6.07) is 2.75. The smallest absolute Gasteiger partial charge is 0.282 e. The minimum atomic E-state index is -4.13. The molecule has 1 heterocycles. The average Bonchev–Trinajstić information content (AvgIpc) is 1.83. The summed E-state index contributed by atoms with van der Waals surface area (Å²) in [5, 5.41) is 0. The van der Waals surface area contributed by atoms with Crippen LogP contribution in [-0.2, 0) is 10.1 Å². The summed E-state index contributed by atoms with van der Waals surface area (Å²) in [6.07, 6.45) is 0. The molecule has 0 fully saturated rings. The monoisotopic (exact) mass is 251 g/mol. The molecule has 0 unspecified atom stereocenters. The molecular formula is C6H6BrNO3S. The Morgan fingerprint density at radius 2 is 2.08 bits per heavy atom. The number of hydrogen-bond donors (Lipinski definition) is 1. The minimum Gasteiger partial charge on any atom is -0.282 e. The highest BCUT2D eigenvalue weighted by atomic mass is 79.9. The van der Waals surface area contributed by atoms with E-state index in [0.717, 1.165) is 0 Å². The molecule has 0 aliphatic heterocycles. The van der Waals surface area contributed by atoms with Crippen molar-refractivity contribution in [2.45, 2.75) is 11.8 Å². The zero-order valence-electron chi connectivity index (χ0n) is 6.15. The van der Waals surface area contributed by atoms with Crippen LogP contribution in [-0.4, -0.2) is 18.0 Å². The largest absolute Gasteiger partial charge is 0.296 e. The van der Waals surface area contributed by atoms with Gasteiger partial charge in [0, 0.05) is 0 Å². The van der Waals surface area contributed by atoms with Crippen LogP contribution in [0.2, 0.25) is 0 Å². The van der Waals surface area contributed by atoms with E-state index >= 15 is 0 Å². The minimum absolute atomic E-state index is 0.161. The summed E-state index contributed by atoms with van der Waals surface area (Å²) in [5.41, 5.74) is 0.270. The molecule has 0 aliphatic carbocycles. The number of pyridine rings is 1. The molecule has 66 valence electrons. The summed E-state index contributed by atoms with van der Waals surface area (Å²) in [4.78, 5) is 3.66. The summed E-state index contributed by atoms with van der Waals surface area (Å²) in [7, 11) is -4.13. The summed E-state index contributed by atoms with van der Waals surface area (Å²) < 4.78 is 30.5. The van der Waals surface area contributed by atoms with Gasteiger partial charge in [-0.15, -0.1) is 0 Å². The molecule has 1 aromatic rings. The Morgan fingerprint density at radius 1 is 1.50 bits per heavy atom. The first kappa shape index (κ1) is 9.63. The van der Waals surface area contributed by atoms with E-state index in [2.05, 4.69) is 20.9 Å². The van der Waals surface area contributed by atoms with E-state index in [1.807, 2.05) is 0 Å². The molecule has 6 heteroatoms. The molecule has 1 N–H and O–H groups in total. The van der Waals surface area contributed by atoms with Crippen LogP contribution in [0.25, 0.3) is 0 Å². The Bertz CT molecular complexity index is 401. The van der Waals surface area contributed by atoms with Gasteiger partial charge in [-0.1, -0.05) is 0 Å². The highest BCUT2D eigenvalue weighted by Gasteiger charge is 2.13. The van der Waals surface area contributed by atoms with Gasteiger partial charge in [0.15, 0.2) is 0 Å². The number of nitrogens with zero attached hydrogens (tertiary/aromatic N) is 1. The standard InChI is InChI=1S/C6H6BrNO3S/c1-4-5(12(9,10)11)2-3-6(7)8-4/h2-3H,1H3,(H,9,10,11). The van der Waals surface area contributed by atoms with Gasteiger partial charge in [0.25, 0.3) is 10.1 Å². The van der Waals surface area contributed by atoms with Gasteiger partial charge in [0.05, 0.1) is 5.69 Å². The van der Waals surface area contributed by atoms with Crippen molar-refractivity contribution in [1.82, 2.24) is 4.98 Å². The lowest BCUT2D eigenvalue weighted by molar-refractivity contribution is 0.482. The van der Waals surface area contributed by atoms with Crippen LogP contribution in [0.15, 0.2) is 21.6 Å². The molecule has 0 aromatic carbocycles. The Labute approximate surface area is 78.5 Å². The van der Waals surface area contributed by atoms with Gasteiger partial charge in [-0.3, -0.25) is 4.55 Å². The van der Waals surface area contributed by atoms with Gasteiger partial charge in [-0.2, -0.15) is 8.42 Å². The highest BCUT2D eigenvalue weighted by Crippen LogP contribution is 2.15. The van der Waals surface area contributed by atoms with Crippen molar-refractivity contribution in [2.75, 3.05) is 0 Å². The summed E-state index contributed by atoms with van der Waals surface area (Å²) >= 11 is 3.08. The van der Waals surface area contributed by atoms with Crippen LogP contribution >= 0.6 is 15.9 Å². The van der Waals surface area contributed by atoms with Crippen molar-refractivity contribution < 1.29 is 13.0 Å². The maximum Gasteiger partial charge on any atom is 0.296 e. The second-order valence-corrected chi connectivity index (χ2v) is 4.40. The maximum absolute atomic E-state index is 10.7. The molecule has 0 radical (unpaired) electrons. The number of halogens is 1. The van der Waals surface area contributed by atoms with Crippen LogP contribution in [0.4, 0.5) is 0 Å². The van der Waals surface area contributed by atoms with Crippen molar-refractivity contribution in [3.05, 3.63) is 22.4 Å². The zero-order chi connectivity index (χ0) is 9.35. The molecular weight excluding hydrogens is 246 g/mol. The predicted molar refractivity (Wildman–Crippen MR) is 46.5 cm³/mol. The lowest BCUT2D eigenvalue weighted by Crippen LogP contribution is -2.02. The fraction of sp³-hybridized carbons (Fsp3) is 0.167. The fourth-order valence-corrected chi connectivity index (χ4v) is 1.85. The van der Waals surface area contributed by atoms with Crippen LogP contribution < -0.4 is 0 Å². The first-order valence-corrected chi connectivity index (χ1v) is 5.25. The van der Waals surface area contributed by atoms with Gasteiger partial charge < -0.3 is 0 Å². The van der Waals surface area contributed by atoms with Gasteiger partial charge in [0.2, 0.25) is 0 Å². The topological polar surface area (TPSA) is 67.3 Å². The SMILES string of the molecule is Cc1nc(Br)ccc1S(=O)(=O)O. The number of hydrogen-bond acceptors (Lipinski definition) is 3. The molecule has 0 atom stereocenters. The van der Waals surface area contributed by atoms with Crippen molar-refractivity contribution in [3.8, 4) is 0 Å². The van der Waals surface area contributed by atoms with E-state index in [1.54, 1.807) is 0 Å². The van der Waals surface area contributed by atoms with E-state index in [4.69, 9.17) is 4.55 Å². The Kier molecular flexibility index (Phi) is 2.50. The average molecular weight is 252 g/mol. The van der Waals surface area contributed by atoms with Crippen LogP contribution in [0.3, 0.4) is 0 Å². The molecule has 4 nitrogen and oxygen atoms in total. The third-order valence-electron chi connectivity index (χ3n) is 1.28. The van der Waals surface area contributed by atoms with Crippen molar-refractivity contribution in [2.24, 2.45) is 0 Å². The van der Waals surface area contributed by atoms with Gasteiger partial charge in [-0.05, 0) is 35.0 Å². The second-order valence-electron chi connectivity index (χ2n) is 2.19. The molecule has 1 rings (SSSR count). The predicted octanol–water partition coefficient (Wildman–Crippen LogP) is 1.40. The van der Waals surface area contributed by atoms with Crippen LogP contribution in [0.1, 0.15) is 5.69 Å². The first-order chi connectivity index (χ1) is 5.41. The number of aromatic nitrogens is 1. The molecule has 0 aliphatic rings. The normalized spacial score (nSPS) is 11.6. The third-order valence-corrected chi connectivity index (χ3v) is 2.71. The molecule has 0 saturated heterocycles. The first-order valence-electron chi connectivity index (χ1n) is 3.02. The molecule has 1 aromatic heterocycles. The van der Waals surface area contributed by atoms with Crippen molar-refractivity contribution in [3.63, 3.8) is 0 Å². The number of aryl methyl sites for hydroxylation is 1. The second kappa shape index (κ2) is 3.12.